The summed E-state index contributed by atoms with van der Waals surface area (Å²) in [5.74, 6) is 0.660. The van der Waals surface area contributed by atoms with Gasteiger partial charge in [0.1, 0.15) is 11.5 Å². The van der Waals surface area contributed by atoms with Crippen molar-refractivity contribution >= 4 is 21.5 Å². The zero-order valence-corrected chi connectivity index (χ0v) is 13.7. The number of hydrogen-bond donors (Lipinski definition) is 2. The summed E-state index contributed by atoms with van der Waals surface area (Å²) in [6.45, 7) is 3.87. The van der Waals surface area contributed by atoms with E-state index in [9.17, 15) is 10.2 Å². The Hall–Kier alpha value is -3.00. The highest BCUT2D eigenvalue weighted by atomic mass is 16.3. The van der Waals surface area contributed by atoms with Gasteiger partial charge in [-0.05, 0) is 81.9 Å². The Morgan fingerprint density at radius 1 is 0.542 bits per heavy atom. The van der Waals surface area contributed by atoms with Crippen molar-refractivity contribution in [1.82, 2.24) is 0 Å². The van der Waals surface area contributed by atoms with Crippen LogP contribution in [0, 0.1) is 13.8 Å². The lowest BCUT2D eigenvalue weighted by Gasteiger charge is -2.10. The molecule has 0 bridgehead atoms. The summed E-state index contributed by atoms with van der Waals surface area (Å²) >= 11 is 0. The lowest BCUT2D eigenvalue weighted by Crippen LogP contribution is -1.84. The molecule has 24 heavy (non-hydrogen) atoms. The zero-order valence-electron chi connectivity index (χ0n) is 13.7. The maximum absolute atomic E-state index is 9.85. The number of rotatable bonds is 1. The van der Waals surface area contributed by atoms with Crippen LogP contribution in [0.5, 0.6) is 11.5 Å². The van der Waals surface area contributed by atoms with Crippen LogP contribution in [0.25, 0.3) is 32.7 Å². The van der Waals surface area contributed by atoms with Crippen LogP contribution in [-0.4, -0.2) is 10.2 Å². The minimum atomic E-state index is 0.330. The van der Waals surface area contributed by atoms with Crippen LogP contribution >= 0.6 is 0 Å². The summed E-state index contributed by atoms with van der Waals surface area (Å²) < 4.78 is 0. The molecule has 2 nitrogen and oxygen atoms in total. The molecule has 0 fully saturated rings. The fourth-order valence-corrected chi connectivity index (χ4v) is 3.31. The van der Waals surface area contributed by atoms with Crippen molar-refractivity contribution < 1.29 is 10.2 Å². The first-order valence-electron chi connectivity index (χ1n) is 7.99. The smallest absolute Gasteiger partial charge is 0.119 e. The molecule has 0 saturated carbocycles. The number of phenols is 2. The van der Waals surface area contributed by atoms with E-state index in [0.29, 0.717) is 11.5 Å². The van der Waals surface area contributed by atoms with Crippen molar-refractivity contribution in [3.05, 3.63) is 71.8 Å². The molecule has 0 amide bonds. The Morgan fingerprint density at radius 2 is 0.958 bits per heavy atom. The van der Waals surface area contributed by atoms with Gasteiger partial charge in [-0.1, -0.05) is 36.4 Å². The third-order valence-electron chi connectivity index (χ3n) is 4.85. The van der Waals surface area contributed by atoms with E-state index in [1.165, 1.54) is 0 Å². The Bertz CT molecular complexity index is 1000. The van der Waals surface area contributed by atoms with Gasteiger partial charge in [0, 0.05) is 0 Å². The van der Waals surface area contributed by atoms with E-state index in [-0.39, 0.29) is 0 Å². The minimum Gasteiger partial charge on any atom is -0.508 e. The van der Waals surface area contributed by atoms with Crippen molar-refractivity contribution in [2.75, 3.05) is 0 Å². The van der Waals surface area contributed by atoms with Crippen LogP contribution in [0.1, 0.15) is 11.1 Å². The number of phenolic OH excluding ortho intramolecular Hbond substituents is 2. The fraction of sp³-hybridized carbons (Fsp3) is 0.0909. The molecule has 118 valence electrons. The van der Waals surface area contributed by atoms with E-state index in [1.54, 1.807) is 12.1 Å². The Morgan fingerprint density at radius 3 is 1.38 bits per heavy atom. The van der Waals surface area contributed by atoms with Crippen molar-refractivity contribution in [3.8, 4) is 22.6 Å². The Kier molecular flexibility index (Phi) is 3.20. The monoisotopic (exact) mass is 314 g/mol. The highest BCUT2D eigenvalue weighted by Gasteiger charge is 2.07. The van der Waals surface area contributed by atoms with Gasteiger partial charge in [-0.25, -0.2) is 0 Å². The van der Waals surface area contributed by atoms with Gasteiger partial charge in [0.25, 0.3) is 0 Å². The molecule has 0 aliphatic carbocycles. The molecule has 0 aromatic heterocycles. The molecule has 2 heteroatoms. The molecule has 0 radical (unpaired) electrons. The first-order valence-corrected chi connectivity index (χ1v) is 7.99. The predicted molar refractivity (Wildman–Crippen MR) is 99.7 cm³/mol. The number of hydrogen-bond acceptors (Lipinski definition) is 2. The highest BCUT2D eigenvalue weighted by Crippen LogP contribution is 2.33. The summed E-state index contributed by atoms with van der Waals surface area (Å²) in [7, 11) is 0. The van der Waals surface area contributed by atoms with Crippen molar-refractivity contribution in [1.29, 1.82) is 0 Å². The van der Waals surface area contributed by atoms with Gasteiger partial charge in [-0.15, -0.1) is 0 Å². The van der Waals surface area contributed by atoms with E-state index >= 15 is 0 Å². The average Bonchev–Trinajstić information content (AvgIpc) is 2.61. The molecule has 0 aliphatic heterocycles. The topological polar surface area (TPSA) is 40.5 Å². The number of aromatic hydroxyl groups is 2. The maximum Gasteiger partial charge on any atom is 0.119 e. The number of benzene rings is 4. The van der Waals surface area contributed by atoms with E-state index in [1.807, 2.05) is 26.0 Å². The second-order valence-electron chi connectivity index (χ2n) is 6.29. The Labute approximate surface area is 140 Å². The standard InChI is InChI=1S/C22H18O2/c1-13-19-7-3-15(11-17(19)5-9-21(13)23)16-4-8-20-14(2)22(24)10-6-18(20)12-16/h3-12,23-24H,1-2H3. The third kappa shape index (κ3) is 2.19. The molecule has 2 N–H and O–H groups in total. The molecule has 4 aromatic carbocycles. The summed E-state index contributed by atoms with van der Waals surface area (Å²) in [4.78, 5) is 0. The highest BCUT2D eigenvalue weighted by molar-refractivity contribution is 5.94. The first-order chi connectivity index (χ1) is 11.5. The summed E-state index contributed by atoms with van der Waals surface area (Å²) in [6, 6.07) is 20.0. The van der Waals surface area contributed by atoms with E-state index in [2.05, 4.69) is 36.4 Å². The molecule has 0 saturated heterocycles. The normalized spacial score (nSPS) is 11.2. The lowest BCUT2D eigenvalue weighted by molar-refractivity contribution is 0.471. The molecule has 4 aromatic rings. The van der Waals surface area contributed by atoms with Gasteiger partial charge in [0.2, 0.25) is 0 Å². The van der Waals surface area contributed by atoms with Crippen LogP contribution in [0.3, 0.4) is 0 Å². The molecule has 0 aliphatic rings. The van der Waals surface area contributed by atoms with E-state index in [0.717, 1.165) is 43.8 Å². The van der Waals surface area contributed by atoms with Crippen molar-refractivity contribution in [3.63, 3.8) is 0 Å². The van der Waals surface area contributed by atoms with Crippen LogP contribution < -0.4 is 0 Å². The molecule has 0 heterocycles. The van der Waals surface area contributed by atoms with Crippen LogP contribution in [-0.2, 0) is 0 Å². The largest absolute Gasteiger partial charge is 0.508 e. The SMILES string of the molecule is Cc1c(O)ccc2cc(-c3ccc4c(C)c(O)ccc4c3)ccc12. The van der Waals surface area contributed by atoms with Gasteiger partial charge in [0.15, 0.2) is 0 Å². The lowest BCUT2D eigenvalue weighted by atomic mass is 9.96. The molecular weight excluding hydrogens is 296 g/mol. The zero-order chi connectivity index (χ0) is 16.8. The van der Waals surface area contributed by atoms with Crippen LogP contribution in [0.15, 0.2) is 60.7 Å². The van der Waals surface area contributed by atoms with Crippen molar-refractivity contribution in [2.24, 2.45) is 0 Å². The summed E-state index contributed by atoms with van der Waals surface area (Å²) in [5, 5.41) is 24.1. The third-order valence-corrected chi connectivity index (χ3v) is 4.85. The van der Waals surface area contributed by atoms with Gasteiger partial charge in [-0.3, -0.25) is 0 Å². The quantitative estimate of drug-likeness (QED) is 0.474. The molecule has 0 unspecified atom stereocenters. The van der Waals surface area contributed by atoms with Gasteiger partial charge in [0.05, 0.1) is 0 Å². The maximum atomic E-state index is 9.85. The molecular formula is C22H18O2. The summed E-state index contributed by atoms with van der Waals surface area (Å²) in [5.41, 5.74) is 4.09. The van der Waals surface area contributed by atoms with Gasteiger partial charge >= 0.3 is 0 Å². The number of fused-ring (bicyclic) bond motifs is 2. The van der Waals surface area contributed by atoms with E-state index in [4.69, 9.17) is 0 Å². The van der Waals surface area contributed by atoms with Gasteiger partial charge in [-0.2, -0.15) is 0 Å². The Balaban J connectivity index is 1.89. The number of aryl methyl sites for hydroxylation is 2. The minimum absolute atomic E-state index is 0.330. The van der Waals surface area contributed by atoms with E-state index < -0.39 is 0 Å². The predicted octanol–water partition coefficient (Wildman–Crippen LogP) is 5.69. The van der Waals surface area contributed by atoms with Crippen molar-refractivity contribution in [2.45, 2.75) is 13.8 Å². The molecule has 0 spiro atoms. The molecule has 4 rings (SSSR count). The first kappa shape index (κ1) is 14.6. The van der Waals surface area contributed by atoms with Crippen LogP contribution in [0.2, 0.25) is 0 Å². The van der Waals surface area contributed by atoms with Crippen LogP contribution in [0.4, 0.5) is 0 Å². The molecule has 0 atom stereocenters. The second kappa shape index (κ2) is 5.27. The second-order valence-corrected chi connectivity index (χ2v) is 6.29. The average molecular weight is 314 g/mol. The van der Waals surface area contributed by atoms with Gasteiger partial charge < -0.3 is 10.2 Å². The summed E-state index contributed by atoms with van der Waals surface area (Å²) in [6.07, 6.45) is 0. The fourth-order valence-electron chi connectivity index (χ4n) is 3.31.